The maximum Gasteiger partial charge on any atom is 0.243 e. The Hall–Kier alpha value is -2.74. The number of hydrogen-bond donors (Lipinski definition) is 3. The second-order valence-corrected chi connectivity index (χ2v) is 5.88. The van der Waals surface area contributed by atoms with E-state index >= 15 is 0 Å². The molecule has 0 aromatic heterocycles. The molecule has 0 saturated heterocycles. The number of ketones is 1. The van der Waals surface area contributed by atoms with E-state index in [1.807, 2.05) is 0 Å². The standard InChI is InChI=1S/C18H18ClN3O3.H2O/c1-11(20)18(25)21-10-16(23)22-15-8-7-13(19)9-14(15)17(24)12-5-3-2-4-6-12;/h2-9,11H,10,20H2,1H3,(H,21,25)(H,22,23);1H2/t11-;/m0./s1. The van der Waals surface area contributed by atoms with Gasteiger partial charge in [-0.05, 0) is 25.1 Å². The van der Waals surface area contributed by atoms with Gasteiger partial charge in [0.05, 0.1) is 18.3 Å². The number of halogens is 1. The fraction of sp³-hybridized carbons (Fsp3) is 0.167. The summed E-state index contributed by atoms with van der Waals surface area (Å²) in [6.07, 6.45) is 0. The van der Waals surface area contributed by atoms with Crippen molar-refractivity contribution in [2.24, 2.45) is 5.73 Å². The molecule has 6 N–H and O–H groups in total. The van der Waals surface area contributed by atoms with Crippen molar-refractivity contribution in [3.05, 3.63) is 64.7 Å². The third-order valence-corrected chi connectivity index (χ3v) is 3.61. The molecule has 0 bridgehead atoms. The van der Waals surface area contributed by atoms with Crippen molar-refractivity contribution in [1.29, 1.82) is 0 Å². The van der Waals surface area contributed by atoms with E-state index in [0.717, 1.165) is 0 Å². The van der Waals surface area contributed by atoms with Gasteiger partial charge in [0.15, 0.2) is 5.78 Å². The van der Waals surface area contributed by atoms with Gasteiger partial charge in [-0.25, -0.2) is 0 Å². The lowest BCUT2D eigenvalue weighted by atomic mass is 10.0. The topological polar surface area (TPSA) is 133 Å². The summed E-state index contributed by atoms with van der Waals surface area (Å²) >= 11 is 5.99. The van der Waals surface area contributed by atoms with Crippen molar-refractivity contribution in [2.75, 3.05) is 11.9 Å². The maximum atomic E-state index is 12.7. The molecule has 0 aliphatic carbocycles. The third-order valence-electron chi connectivity index (χ3n) is 3.37. The quantitative estimate of drug-likeness (QED) is 0.651. The number of carbonyl (C=O) groups excluding carboxylic acids is 3. The summed E-state index contributed by atoms with van der Waals surface area (Å²) in [5.74, 6) is -1.18. The lowest BCUT2D eigenvalue weighted by molar-refractivity contribution is -0.124. The zero-order chi connectivity index (χ0) is 18.4. The number of carbonyl (C=O) groups is 3. The Labute approximate surface area is 155 Å². The Morgan fingerprint density at radius 2 is 1.77 bits per heavy atom. The Kier molecular flexibility index (Phi) is 7.92. The van der Waals surface area contributed by atoms with Crippen LogP contribution < -0.4 is 16.4 Å². The van der Waals surface area contributed by atoms with Gasteiger partial charge in [0.1, 0.15) is 0 Å². The minimum absolute atomic E-state index is 0. The van der Waals surface area contributed by atoms with Gasteiger partial charge in [-0.3, -0.25) is 14.4 Å². The van der Waals surface area contributed by atoms with E-state index < -0.39 is 17.9 Å². The monoisotopic (exact) mass is 377 g/mol. The first-order chi connectivity index (χ1) is 11.9. The molecule has 0 aliphatic heterocycles. The maximum absolute atomic E-state index is 12.7. The lowest BCUT2D eigenvalue weighted by Gasteiger charge is -2.12. The molecule has 138 valence electrons. The van der Waals surface area contributed by atoms with Crippen LogP contribution in [0.2, 0.25) is 5.02 Å². The molecule has 0 spiro atoms. The number of anilines is 1. The predicted molar refractivity (Wildman–Crippen MR) is 100 cm³/mol. The summed E-state index contributed by atoms with van der Waals surface area (Å²) in [5, 5.41) is 5.39. The highest BCUT2D eigenvalue weighted by Gasteiger charge is 2.16. The second-order valence-electron chi connectivity index (χ2n) is 5.44. The Balaban J connectivity index is 0.00000338. The normalized spacial score (nSPS) is 11.0. The van der Waals surface area contributed by atoms with Crippen LogP contribution >= 0.6 is 11.6 Å². The number of amides is 2. The van der Waals surface area contributed by atoms with E-state index in [2.05, 4.69) is 10.6 Å². The fourth-order valence-corrected chi connectivity index (χ4v) is 2.25. The average Bonchev–Trinajstić information content (AvgIpc) is 2.61. The van der Waals surface area contributed by atoms with Crippen molar-refractivity contribution >= 4 is 34.9 Å². The molecule has 0 aliphatic rings. The van der Waals surface area contributed by atoms with E-state index in [1.54, 1.807) is 42.5 Å². The van der Waals surface area contributed by atoms with Crippen molar-refractivity contribution in [3.63, 3.8) is 0 Å². The largest absolute Gasteiger partial charge is 0.412 e. The van der Waals surface area contributed by atoms with Gasteiger partial charge in [0.25, 0.3) is 0 Å². The van der Waals surface area contributed by atoms with Crippen LogP contribution in [0.4, 0.5) is 5.69 Å². The summed E-state index contributed by atoms with van der Waals surface area (Å²) < 4.78 is 0. The van der Waals surface area contributed by atoms with Gasteiger partial charge < -0.3 is 21.8 Å². The molecule has 2 rings (SSSR count). The summed E-state index contributed by atoms with van der Waals surface area (Å²) in [6.45, 7) is 1.27. The van der Waals surface area contributed by atoms with Gasteiger partial charge in [-0.1, -0.05) is 41.9 Å². The molecule has 0 saturated carbocycles. The minimum atomic E-state index is -0.710. The van der Waals surface area contributed by atoms with Crippen LogP contribution in [0.15, 0.2) is 48.5 Å². The van der Waals surface area contributed by atoms with Crippen LogP contribution in [0.25, 0.3) is 0 Å². The summed E-state index contributed by atoms with van der Waals surface area (Å²) in [5.41, 5.74) is 6.48. The van der Waals surface area contributed by atoms with Gasteiger partial charge in [0, 0.05) is 16.1 Å². The number of benzene rings is 2. The van der Waals surface area contributed by atoms with E-state index in [1.165, 1.54) is 13.0 Å². The molecule has 2 aromatic carbocycles. The van der Waals surface area contributed by atoms with Crippen LogP contribution in [0.1, 0.15) is 22.8 Å². The molecule has 0 heterocycles. The van der Waals surface area contributed by atoms with Gasteiger partial charge in [-0.2, -0.15) is 0 Å². The first-order valence-corrected chi connectivity index (χ1v) is 7.98. The summed E-state index contributed by atoms with van der Waals surface area (Å²) in [4.78, 5) is 36.1. The Bertz CT molecular complexity index is 794. The van der Waals surface area contributed by atoms with E-state index in [4.69, 9.17) is 17.3 Å². The molecule has 0 radical (unpaired) electrons. The van der Waals surface area contributed by atoms with Crippen LogP contribution in [-0.4, -0.2) is 35.7 Å². The van der Waals surface area contributed by atoms with Crippen LogP contribution in [-0.2, 0) is 9.59 Å². The first-order valence-electron chi connectivity index (χ1n) is 7.61. The van der Waals surface area contributed by atoms with Gasteiger partial charge in [0.2, 0.25) is 11.8 Å². The molecule has 1 atom stereocenters. The van der Waals surface area contributed by atoms with E-state index in [9.17, 15) is 14.4 Å². The van der Waals surface area contributed by atoms with Crippen molar-refractivity contribution in [1.82, 2.24) is 5.32 Å². The SMILES string of the molecule is C[C@H](N)C(=O)NCC(=O)Nc1ccc(Cl)cc1C(=O)c1ccccc1.O. The highest BCUT2D eigenvalue weighted by molar-refractivity contribution is 6.31. The smallest absolute Gasteiger partial charge is 0.243 e. The Morgan fingerprint density at radius 3 is 2.38 bits per heavy atom. The highest BCUT2D eigenvalue weighted by Crippen LogP contribution is 2.23. The van der Waals surface area contributed by atoms with E-state index in [0.29, 0.717) is 16.3 Å². The van der Waals surface area contributed by atoms with E-state index in [-0.39, 0.29) is 23.4 Å². The van der Waals surface area contributed by atoms with Crippen LogP contribution in [0.5, 0.6) is 0 Å². The second kappa shape index (κ2) is 9.67. The molecular weight excluding hydrogens is 358 g/mol. The van der Waals surface area contributed by atoms with Crippen LogP contribution in [0, 0.1) is 0 Å². The number of hydrogen-bond acceptors (Lipinski definition) is 4. The molecule has 26 heavy (non-hydrogen) atoms. The lowest BCUT2D eigenvalue weighted by Crippen LogP contribution is -2.42. The summed E-state index contributed by atoms with van der Waals surface area (Å²) in [7, 11) is 0. The third kappa shape index (κ3) is 5.66. The first kappa shape index (κ1) is 21.3. The van der Waals surface area contributed by atoms with Crippen LogP contribution in [0.3, 0.4) is 0 Å². The molecule has 0 fully saturated rings. The molecule has 0 unspecified atom stereocenters. The number of nitrogens with two attached hydrogens (primary N) is 1. The molecule has 8 heteroatoms. The molecule has 2 amide bonds. The average molecular weight is 378 g/mol. The zero-order valence-electron chi connectivity index (χ0n) is 14.1. The Morgan fingerprint density at radius 1 is 1.12 bits per heavy atom. The predicted octanol–water partition coefficient (Wildman–Crippen LogP) is 1.15. The van der Waals surface area contributed by atoms with Gasteiger partial charge in [-0.15, -0.1) is 0 Å². The highest BCUT2D eigenvalue weighted by atomic mass is 35.5. The zero-order valence-corrected chi connectivity index (χ0v) is 14.8. The number of rotatable bonds is 6. The number of nitrogens with one attached hydrogen (secondary N) is 2. The molecular formula is C18H20ClN3O4. The van der Waals surface area contributed by atoms with Crippen molar-refractivity contribution in [2.45, 2.75) is 13.0 Å². The molecule has 2 aromatic rings. The summed E-state index contributed by atoms with van der Waals surface area (Å²) in [6, 6.07) is 12.6. The fourth-order valence-electron chi connectivity index (χ4n) is 2.08. The molecule has 7 nitrogen and oxygen atoms in total. The van der Waals surface area contributed by atoms with Crippen molar-refractivity contribution < 1.29 is 19.9 Å². The van der Waals surface area contributed by atoms with Crippen molar-refractivity contribution in [3.8, 4) is 0 Å². The van der Waals surface area contributed by atoms with Gasteiger partial charge >= 0.3 is 0 Å². The minimum Gasteiger partial charge on any atom is -0.412 e.